The molecule has 0 aliphatic heterocycles. The molecule has 0 aliphatic carbocycles. The molecule has 0 saturated carbocycles. The summed E-state index contributed by atoms with van der Waals surface area (Å²) in [7, 11) is 1.46. The quantitative estimate of drug-likeness (QED) is 0.941. The molecular formula is C15H13F3N2O2. The molecule has 4 nitrogen and oxygen atoms in total. The van der Waals surface area contributed by atoms with E-state index in [-0.39, 0.29) is 5.56 Å². The minimum absolute atomic E-state index is 0.0262. The third-order valence-electron chi connectivity index (χ3n) is 3.01. The molecule has 2 rings (SSSR count). The van der Waals surface area contributed by atoms with Gasteiger partial charge in [-0.15, -0.1) is 0 Å². The second kappa shape index (κ2) is 6.05. The van der Waals surface area contributed by atoms with Gasteiger partial charge in [-0.2, -0.15) is 13.2 Å². The summed E-state index contributed by atoms with van der Waals surface area (Å²) >= 11 is 0. The Morgan fingerprint density at radius 3 is 2.50 bits per heavy atom. The molecule has 1 N–H and O–H groups in total. The standard InChI is InChI=1S/C15H13F3N2O2/c1-9-4-3-5-11(22-2)13(9)20-14(21)10-6-7-12(19-8-10)15(16,17)18/h3-8H,1-2H3,(H,20,21). The van der Waals surface area contributed by atoms with E-state index in [1.54, 1.807) is 25.1 Å². The number of amides is 1. The van der Waals surface area contributed by atoms with Crippen molar-refractivity contribution in [1.82, 2.24) is 4.98 Å². The van der Waals surface area contributed by atoms with Gasteiger partial charge in [-0.1, -0.05) is 12.1 Å². The van der Waals surface area contributed by atoms with Crippen molar-refractivity contribution in [2.24, 2.45) is 0 Å². The van der Waals surface area contributed by atoms with Gasteiger partial charge in [-0.3, -0.25) is 9.78 Å². The number of hydrogen-bond acceptors (Lipinski definition) is 3. The summed E-state index contributed by atoms with van der Waals surface area (Å²) in [6.45, 7) is 1.78. The highest BCUT2D eigenvalue weighted by Crippen LogP contribution is 2.29. The van der Waals surface area contributed by atoms with Gasteiger partial charge in [0.15, 0.2) is 0 Å². The van der Waals surface area contributed by atoms with Crippen molar-refractivity contribution < 1.29 is 22.7 Å². The average Bonchev–Trinajstić information content (AvgIpc) is 2.48. The van der Waals surface area contributed by atoms with Gasteiger partial charge < -0.3 is 10.1 Å². The number of carbonyl (C=O) groups is 1. The van der Waals surface area contributed by atoms with Crippen molar-refractivity contribution in [1.29, 1.82) is 0 Å². The number of pyridine rings is 1. The van der Waals surface area contributed by atoms with Crippen molar-refractivity contribution in [3.8, 4) is 5.75 Å². The van der Waals surface area contributed by atoms with Crippen molar-refractivity contribution in [2.75, 3.05) is 12.4 Å². The minimum atomic E-state index is -4.53. The number of aromatic nitrogens is 1. The molecule has 0 spiro atoms. The molecule has 0 unspecified atom stereocenters. The van der Waals surface area contributed by atoms with E-state index in [1.165, 1.54) is 7.11 Å². The van der Waals surface area contributed by atoms with Crippen LogP contribution in [0.15, 0.2) is 36.5 Å². The molecule has 0 aliphatic rings. The van der Waals surface area contributed by atoms with Crippen molar-refractivity contribution in [3.05, 3.63) is 53.3 Å². The van der Waals surface area contributed by atoms with Crippen molar-refractivity contribution in [2.45, 2.75) is 13.1 Å². The van der Waals surface area contributed by atoms with Crippen LogP contribution in [0.1, 0.15) is 21.6 Å². The number of nitrogens with one attached hydrogen (secondary N) is 1. The Kier molecular flexibility index (Phi) is 4.35. The zero-order valence-corrected chi connectivity index (χ0v) is 11.9. The highest BCUT2D eigenvalue weighted by Gasteiger charge is 2.32. The molecule has 0 radical (unpaired) electrons. The molecule has 0 saturated heterocycles. The van der Waals surface area contributed by atoms with Crippen LogP contribution in [0.2, 0.25) is 0 Å². The molecule has 0 atom stereocenters. The summed E-state index contributed by atoms with van der Waals surface area (Å²) < 4.78 is 42.5. The Bertz CT molecular complexity index is 682. The summed E-state index contributed by atoms with van der Waals surface area (Å²) in [5.41, 5.74) is 0.221. The summed E-state index contributed by atoms with van der Waals surface area (Å²) in [5.74, 6) is -0.0953. The topological polar surface area (TPSA) is 51.2 Å². The van der Waals surface area contributed by atoms with Crippen LogP contribution in [-0.4, -0.2) is 18.0 Å². The third kappa shape index (κ3) is 3.36. The van der Waals surface area contributed by atoms with E-state index in [0.29, 0.717) is 11.4 Å². The van der Waals surface area contributed by atoms with Gasteiger partial charge in [-0.05, 0) is 30.7 Å². The number of alkyl halides is 3. The van der Waals surface area contributed by atoms with Gasteiger partial charge in [0.05, 0.1) is 18.4 Å². The summed E-state index contributed by atoms with van der Waals surface area (Å²) in [4.78, 5) is 15.4. The van der Waals surface area contributed by atoms with Crippen LogP contribution in [-0.2, 0) is 6.18 Å². The first-order valence-electron chi connectivity index (χ1n) is 6.31. The molecule has 0 fully saturated rings. The molecule has 1 heterocycles. The zero-order valence-electron chi connectivity index (χ0n) is 11.9. The molecular weight excluding hydrogens is 297 g/mol. The number of para-hydroxylation sites is 1. The predicted octanol–water partition coefficient (Wildman–Crippen LogP) is 3.67. The van der Waals surface area contributed by atoms with Crippen molar-refractivity contribution >= 4 is 11.6 Å². The largest absolute Gasteiger partial charge is 0.495 e. The smallest absolute Gasteiger partial charge is 0.433 e. The second-order valence-electron chi connectivity index (χ2n) is 4.54. The fourth-order valence-electron chi connectivity index (χ4n) is 1.85. The Labute approximate surface area is 124 Å². The van der Waals surface area contributed by atoms with Crippen LogP contribution in [0.3, 0.4) is 0 Å². The first-order valence-corrected chi connectivity index (χ1v) is 6.31. The number of benzene rings is 1. The van der Waals surface area contributed by atoms with Gasteiger partial charge in [-0.25, -0.2) is 0 Å². The second-order valence-corrected chi connectivity index (χ2v) is 4.54. The number of anilines is 1. The molecule has 7 heteroatoms. The van der Waals surface area contributed by atoms with Crippen LogP contribution < -0.4 is 10.1 Å². The van der Waals surface area contributed by atoms with E-state index in [4.69, 9.17) is 4.74 Å². The monoisotopic (exact) mass is 310 g/mol. The molecule has 1 aromatic carbocycles. The highest BCUT2D eigenvalue weighted by atomic mass is 19.4. The Hall–Kier alpha value is -2.57. The maximum Gasteiger partial charge on any atom is 0.433 e. The maximum absolute atomic E-state index is 12.4. The molecule has 1 aromatic heterocycles. The van der Waals surface area contributed by atoms with Gasteiger partial charge >= 0.3 is 6.18 Å². The van der Waals surface area contributed by atoms with Crippen LogP contribution in [0.25, 0.3) is 0 Å². The maximum atomic E-state index is 12.4. The van der Waals surface area contributed by atoms with E-state index >= 15 is 0 Å². The van der Waals surface area contributed by atoms with Crippen LogP contribution in [0.5, 0.6) is 5.75 Å². The first kappa shape index (κ1) is 15.8. The lowest BCUT2D eigenvalue weighted by Crippen LogP contribution is -2.15. The normalized spacial score (nSPS) is 11.1. The van der Waals surface area contributed by atoms with Gasteiger partial charge in [0, 0.05) is 6.20 Å². The average molecular weight is 310 g/mol. The van der Waals surface area contributed by atoms with Crippen LogP contribution in [0, 0.1) is 6.92 Å². The summed E-state index contributed by atoms with van der Waals surface area (Å²) in [6, 6.07) is 7.07. The van der Waals surface area contributed by atoms with E-state index in [0.717, 1.165) is 23.9 Å². The molecule has 1 amide bonds. The van der Waals surface area contributed by atoms with E-state index in [9.17, 15) is 18.0 Å². The third-order valence-corrected chi connectivity index (χ3v) is 3.01. The number of hydrogen-bond donors (Lipinski definition) is 1. The SMILES string of the molecule is COc1cccc(C)c1NC(=O)c1ccc(C(F)(F)F)nc1. The number of ether oxygens (including phenoxy) is 1. The first-order chi connectivity index (χ1) is 10.3. The lowest BCUT2D eigenvalue weighted by Gasteiger charge is -2.13. The van der Waals surface area contributed by atoms with Crippen LogP contribution in [0.4, 0.5) is 18.9 Å². The highest BCUT2D eigenvalue weighted by molar-refractivity contribution is 6.05. The number of carbonyl (C=O) groups excluding carboxylic acids is 1. The number of rotatable bonds is 3. The summed E-state index contributed by atoms with van der Waals surface area (Å²) in [5, 5.41) is 2.62. The van der Waals surface area contributed by atoms with E-state index in [1.807, 2.05) is 0 Å². The Balaban J connectivity index is 2.23. The van der Waals surface area contributed by atoms with E-state index < -0.39 is 17.8 Å². The molecule has 2 aromatic rings. The Morgan fingerprint density at radius 2 is 1.95 bits per heavy atom. The number of halogens is 3. The Morgan fingerprint density at radius 1 is 1.23 bits per heavy atom. The van der Waals surface area contributed by atoms with Crippen molar-refractivity contribution in [3.63, 3.8) is 0 Å². The number of methoxy groups -OCH3 is 1. The van der Waals surface area contributed by atoms with E-state index in [2.05, 4.69) is 10.3 Å². The lowest BCUT2D eigenvalue weighted by atomic mass is 10.1. The van der Waals surface area contributed by atoms with Gasteiger partial charge in [0.1, 0.15) is 11.4 Å². The molecule has 116 valence electrons. The minimum Gasteiger partial charge on any atom is -0.495 e. The van der Waals surface area contributed by atoms with Gasteiger partial charge in [0.25, 0.3) is 5.91 Å². The number of aryl methyl sites for hydroxylation is 1. The fourth-order valence-corrected chi connectivity index (χ4v) is 1.85. The zero-order chi connectivity index (χ0) is 16.3. The van der Waals surface area contributed by atoms with Gasteiger partial charge in [0.2, 0.25) is 0 Å². The molecule has 22 heavy (non-hydrogen) atoms. The molecule has 0 bridgehead atoms. The summed E-state index contributed by atoms with van der Waals surface area (Å²) in [6.07, 6.45) is -3.64. The lowest BCUT2D eigenvalue weighted by molar-refractivity contribution is -0.141. The fraction of sp³-hybridized carbons (Fsp3) is 0.200. The van der Waals surface area contributed by atoms with Crippen LogP contribution >= 0.6 is 0 Å². The predicted molar refractivity (Wildman–Crippen MR) is 74.9 cm³/mol. The number of nitrogens with zero attached hydrogens (tertiary/aromatic N) is 1.